The van der Waals surface area contributed by atoms with Crippen molar-refractivity contribution in [1.82, 2.24) is 0 Å². The molecule has 0 aromatic carbocycles. The molecule has 3 unspecified atom stereocenters. The van der Waals surface area contributed by atoms with Gasteiger partial charge in [-0.05, 0) is 30.6 Å². The van der Waals surface area contributed by atoms with Crippen molar-refractivity contribution in [2.75, 3.05) is 0 Å². The lowest BCUT2D eigenvalue weighted by Crippen LogP contribution is -2.02. The Balaban J connectivity index is 2.53. The highest BCUT2D eigenvalue weighted by atomic mass is 14.3. The van der Waals surface area contributed by atoms with Gasteiger partial charge in [-0.15, -0.1) is 13.2 Å². The van der Waals surface area contributed by atoms with Gasteiger partial charge in [-0.25, -0.2) is 0 Å². The molecule has 0 aromatic heterocycles. The van der Waals surface area contributed by atoms with Gasteiger partial charge in [-0.3, -0.25) is 0 Å². The van der Waals surface area contributed by atoms with Crippen LogP contribution in [0.4, 0.5) is 0 Å². The molecule has 0 saturated heterocycles. The smallest absolute Gasteiger partial charge is 0.0202 e. The summed E-state index contributed by atoms with van der Waals surface area (Å²) < 4.78 is 0. The third kappa shape index (κ3) is 1.74. The molecule has 1 rings (SSSR count). The van der Waals surface area contributed by atoms with E-state index in [4.69, 9.17) is 0 Å². The maximum atomic E-state index is 3.88. The number of hydrogen-bond donors (Lipinski definition) is 0. The van der Waals surface area contributed by atoms with Crippen LogP contribution in [-0.2, 0) is 0 Å². The Labute approximate surface area is 70.0 Å². The van der Waals surface area contributed by atoms with Crippen LogP contribution in [0, 0.1) is 17.8 Å². The monoisotopic (exact) mass is 150 g/mol. The van der Waals surface area contributed by atoms with Gasteiger partial charge < -0.3 is 0 Å². The van der Waals surface area contributed by atoms with Crippen LogP contribution in [0.3, 0.4) is 0 Å². The largest absolute Gasteiger partial charge is 0.103 e. The standard InChI is InChI=1S/C11H18/c1-4-9-7-10(5-2)11(6-3)8-9/h4-5,9-11H,1-2,6-8H2,3H3. The summed E-state index contributed by atoms with van der Waals surface area (Å²) in [6.07, 6.45) is 8.13. The highest BCUT2D eigenvalue weighted by Gasteiger charge is 2.28. The van der Waals surface area contributed by atoms with Gasteiger partial charge in [0, 0.05) is 0 Å². The van der Waals surface area contributed by atoms with E-state index in [2.05, 4.69) is 32.2 Å². The molecule has 1 aliphatic carbocycles. The Morgan fingerprint density at radius 3 is 2.36 bits per heavy atom. The molecule has 0 aromatic rings. The van der Waals surface area contributed by atoms with Crippen LogP contribution >= 0.6 is 0 Å². The fourth-order valence-electron chi connectivity index (χ4n) is 2.15. The van der Waals surface area contributed by atoms with E-state index in [1.807, 2.05) is 0 Å². The fraction of sp³-hybridized carbons (Fsp3) is 0.636. The topological polar surface area (TPSA) is 0 Å². The minimum atomic E-state index is 0.753. The Bertz CT molecular complexity index is 146. The quantitative estimate of drug-likeness (QED) is 0.541. The predicted molar refractivity (Wildman–Crippen MR) is 50.4 cm³/mol. The molecule has 11 heavy (non-hydrogen) atoms. The molecule has 0 radical (unpaired) electrons. The van der Waals surface area contributed by atoms with E-state index in [0.29, 0.717) is 0 Å². The van der Waals surface area contributed by atoms with Gasteiger partial charge in [0.15, 0.2) is 0 Å². The second kappa shape index (κ2) is 3.75. The molecule has 1 fully saturated rings. The molecule has 1 aliphatic rings. The highest BCUT2D eigenvalue weighted by molar-refractivity contribution is 4.97. The molecule has 62 valence electrons. The zero-order valence-corrected chi connectivity index (χ0v) is 7.42. The van der Waals surface area contributed by atoms with Crippen molar-refractivity contribution >= 4 is 0 Å². The lowest BCUT2D eigenvalue weighted by molar-refractivity contribution is 0.443. The van der Waals surface area contributed by atoms with E-state index in [0.717, 1.165) is 17.8 Å². The van der Waals surface area contributed by atoms with E-state index < -0.39 is 0 Å². The van der Waals surface area contributed by atoms with Gasteiger partial charge >= 0.3 is 0 Å². The third-order valence-corrected chi connectivity index (χ3v) is 2.95. The molecular formula is C11H18. The molecular weight excluding hydrogens is 132 g/mol. The van der Waals surface area contributed by atoms with E-state index in [1.54, 1.807) is 0 Å². The summed E-state index contributed by atoms with van der Waals surface area (Å²) >= 11 is 0. The second-order valence-electron chi connectivity index (χ2n) is 3.54. The average Bonchev–Trinajstić information content (AvgIpc) is 2.46. The minimum absolute atomic E-state index is 0.753. The first kappa shape index (κ1) is 8.58. The lowest BCUT2D eigenvalue weighted by atomic mass is 9.94. The summed E-state index contributed by atoms with van der Waals surface area (Å²) in [4.78, 5) is 0. The SMILES string of the molecule is C=CC1CC(C=C)C(CC)C1. The lowest BCUT2D eigenvalue weighted by Gasteiger charge is -2.11. The Kier molecular flexibility index (Phi) is 2.92. The fourth-order valence-corrected chi connectivity index (χ4v) is 2.15. The molecule has 1 saturated carbocycles. The highest BCUT2D eigenvalue weighted by Crippen LogP contribution is 2.39. The van der Waals surface area contributed by atoms with Crippen LogP contribution in [0.5, 0.6) is 0 Å². The van der Waals surface area contributed by atoms with Gasteiger partial charge in [0.2, 0.25) is 0 Å². The van der Waals surface area contributed by atoms with Gasteiger partial charge in [-0.2, -0.15) is 0 Å². The van der Waals surface area contributed by atoms with Crippen LogP contribution in [0.2, 0.25) is 0 Å². The molecule has 0 nitrogen and oxygen atoms in total. The van der Waals surface area contributed by atoms with E-state index >= 15 is 0 Å². The number of hydrogen-bond acceptors (Lipinski definition) is 0. The summed E-state index contributed by atoms with van der Waals surface area (Å²) in [6, 6.07) is 0. The molecule has 0 spiro atoms. The first-order valence-electron chi connectivity index (χ1n) is 4.56. The summed E-state index contributed by atoms with van der Waals surface area (Å²) in [7, 11) is 0. The van der Waals surface area contributed by atoms with Crippen molar-refractivity contribution in [1.29, 1.82) is 0 Å². The van der Waals surface area contributed by atoms with E-state index in [-0.39, 0.29) is 0 Å². The summed E-state index contributed by atoms with van der Waals surface area (Å²) in [5, 5.41) is 0. The maximum absolute atomic E-state index is 3.88. The van der Waals surface area contributed by atoms with Crippen LogP contribution in [0.15, 0.2) is 25.3 Å². The van der Waals surface area contributed by atoms with E-state index in [1.165, 1.54) is 19.3 Å². The predicted octanol–water partition coefficient (Wildman–Crippen LogP) is 3.41. The normalized spacial score (nSPS) is 37.0. The molecule has 3 atom stereocenters. The first-order chi connectivity index (χ1) is 5.31. The zero-order valence-electron chi connectivity index (χ0n) is 7.42. The van der Waals surface area contributed by atoms with Crippen molar-refractivity contribution in [2.24, 2.45) is 17.8 Å². The van der Waals surface area contributed by atoms with Gasteiger partial charge in [0.1, 0.15) is 0 Å². The molecule has 0 heterocycles. The average molecular weight is 150 g/mol. The zero-order chi connectivity index (χ0) is 8.27. The Morgan fingerprint density at radius 2 is 2.00 bits per heavy atom. The Morgan fingerprint density at radius 1 is 1.27 bits per heavy atom. The maximum Gasteiger partial charge on any atom is -0.0202 e. The van der Waals surface area contributed by atoms with Crippen molar-refractivity contribution in [3.8, 4) is 0 Å². The van der Waals surface area contributed by atoms with Crippen molar-refractivity contribution in [3.05, 3.63) is 25.3 Å². The Hall–Kier alpha value is -0.520. The van der Waals surface area contributed by atoms with Crippen molar-refractivity contribution in [3.63, 3.8) is 0 Å². The summed E-state index contributed by atoms with van der Waals surface area (Å²) in [5.41, 5.74) is 0. The van der Waals surface area contributed by atoms with Crippen LogP contribution in [0.1, 0.15) is 26.2 Å². The molecule has 0 bridgehead atoms. The molecule has 0 N–H and O–H groups in total. The number of rotatable bonds is 3. The van der Waals surface area contributed by atoms with Crippen molar-refractivity contribution < 1.29 is 0 Å². The van der Waals surface area contributed by atoms with Gasteiger partial charge in [0.05, 0.1) is 0 Å². The second-order valence-corrected chi connectivity index (χ2v) is 3.54. The first-order valence-corrected chi connectivity index (χ1v) is 4.56. The van der Waals surface area contributed by atoms with Gasteiger partial charge in [0.25, 0.3) is 0 Å². The molecule has 0 heteroatoms. The number of allylic oxidation sites excluding steroid dienone is 2. The molecule has 0 amide bonds. The van der Waals surface area contributed by atoms with Gasteiger partial charge in [-0.1, -0.05) is 25.5 Å². The van der Waals surface area contributed by atoms with Crippen LogP contribution < -0.4 is 0 Å². The van der Waals surface area contributed by atoms with Crippen LogP contribution in [-0.4, -0.2) is 0 Å². The minimum Gasteiger partial charge on any atom is -0.103 e. The summed E-state index contributed by atoms with van der Waals surface area (Å²) in [5.74, 6) is 2.38. The van der Waals surface area contributed by atoms with E-state index in [9.17, 15) is 0 Å². The van der Waals surface area contributed by atoms with Crippen LogP contribution in [0.25, 0.3) is 0 Å². The third-order valence-electron chi connectivity index (χ3n) is 2.95. The summed E-state index contributed by atoms with van der Waals surface area (Å²) in [6.45, 7) is 9.99. The molecule has 0 aliphatic heterocycles. The van der Waals surface area contributed by atoms with Crippen molar-refractivity contribution in [2.45, 2.75) is 26.2 Å².